The van der Waals surface area contributed by atoms with Crippen LogP contribution in [0.15, 0.2) is 76.7 Å². The highest BCUT2D eigenvalue weighted by Crippen LogP contribution is 2.24. The molecule has 3 heterocycles. The van der Waals surface area contributed by atoms with Gasteiger partial charge in [-0.15, -0.1) is 11.3 Å². The molecule has 0 bridgehead atoms. The SMILES string of the molecule is O=C(c1ncc(-c2ccccc2)o1)N1CCN(Cc2csc(-c3ccccc3)n2)CC1. The molecule has 0 atom stereocenters. The van der Waals surface area contributed by atoms with E-state index in [9.17, 15) is 4.79 Å². The Morgan fingerprint density at radius 1 is 0.935 bits per heavy atom. The summed E-state index contributed by atoms with van der Waals surface area (Å²) in [5.74, 6) is 0.612. The third-order valence-corrected chi connectivity index (χ3v) is 6.30. The predicted molar refractivity (Wildman–Crippen MR) is 121 cm³/mol. The molecule has 31 heavy (non-hydrogen) atoms. The Balaban J connectivity index is 1.17. The molecule has 6 nitrogen and oxygen atoms in total. The van der Waals surface area contributed by atoms with Gasteiger partial charge in [0.25, 0.3) is 5.89 Å². The number of piperazine rings is 1. The molecule has 0 saturated carbocycles. The lowest BCUT2D eigenvalue weighted by molar-refractivity contribution is 0.0590. The van der Waals surface area contributed by atoms with Crippen LogP contribution in [0.5, 0.6) is 0 Å². The number of hydrogen-bond donors (Lipinski definition) is 0. The molecule has 1 saturated heterocycles. The minimum absolute atomic E-state index is 0.151. The fourth-order valence-electron chi connectivity index (χ4n) is 3.68. The fraction of sp³-hybridized carbons (Fsp3) is 0.208. The largest absolute Gasteiger partial charge is 0.432 e. The molecule has 0 spiro atoms. The molecule has 4 aromatic rings. The van der Waals surface area contributed by atoms with Gasteiger partial charge in [-0.2, -0.15) is 0 Å². The molecule has 7 heteroatoms. The highest BCUT2D eigenvalue weighted by Gasteiger charge is 2.26. The molecule has 156 valence electrons. The van der Waals surface area contributed by atoms with Crippen LogP contribution in [0.2, 0.25) is 0 Å². The van der Waals surface area contributed by atoms with E-state index in [1.54, 1.807) is 17.5 Å². The first kappa shape index (κ1) is 19.7. The highest BCUT2D eigenvalue weighted by atomic mass is 32.1. The number of benzene rings is 2. The zero-order chi connectivity index (χ0) is 21.0. The predicted octanol–water partition coefficient (Wildman–Crippen LogP) is 4.42. The van der Waals surface area contributed by atoms with Gasteiger partial charge in [0.05, 0.1) is 11.9 Å². The maximum absolute atomic E-state index is 12.8. The molecule has 5 rings (SSSR count). The van der Waals surface area contributed by atoms with E-state index in [4.69, 9.17) is 9.40 Å². The topological polar surface area (TPSA) is 62.5 Å². The van der Waals surface area contributed by atoms with Gasteiger partial charge in [-0.1, -0.05) is 60.7 Å². The molecule has 2 aromatic carbocycles. The Bertz CT molecular complexity index is 1150. The smallest absolute Gasteiger partial charge is 0.309 e. The Hall–Kier alpha value is -3.29. The van der Waals surface area contributed by atoms with E-state index in [0.717, 1.165) is 41.5 Å². The summed E-state index contributed by atoms with van der Waals surface area (Å²) in [6.07, 6.45) is 1.62. The van der Waals surface area contributed by atoms with Crippen molar-refractivity contribution in [3.63, 3.8) is 0 Å². The van der Waals surface area contributed by atoms with Gasteiger partial charge < -0.3 is 9.32 Å². The van der Waals surface area contributed by atoms with E-state index in [1.807, 2.05) is 53.4 Å². The van der Waals surface area contributed by atoms with Crippen molar-refractivity contribution in [3.05, 3.63) is 83.8 Å². The van der Waals surface area contributed by atoms with Crippen molar-refractivity contribution in [2.45, 2.75) is 6.54 Å². The minimum Gasteiger partial charge on any atom is -0.432 e. The maximum Gasteiger partial charge on any atom is 0.309 e. The van der Waals surface area contributed by atoms with Gasteiger partial charge in [-0.3, -0.25) is 9.69 Å². The third kappa shape index (κ3) is 4.42. The summed E-state index contributed by atoms with van der Waals surface area (Å²) in [5.41, 5.74) is 3.14. The second kappa shape index (κ2) is 8.83. The van der Waals surface area contributed by atoms with E-state index in [0.29, 0.717) is 18.8 Å². The number of oxazole rings is 1. The number of hydrogen-bond acceptors (Lipinski definition) is 6. The van der Waals surface area contributed by atoms with Gasteiger partial charge in [0, 0.05) is 49.2 Å². The van der Waals surface area contributed by atoms with Crippen LogP contribution in [0.3, 0.4) is 0 Å². The zero-order valence-electron chi connectivity index (χ0n) is 17.0. The van der Waals surface area contributed by atoms with Crippen LogP contribution in [0, 0.1) is 0 Å². The summed E-state index contributed by atoms with van der Waals surface area (Å²) in [6.45, 7) is 3.70. The number of amides is 1. The van der Waals surface area contributed by atoms with Crippen molar-refractivity contribution in [3.8, 4) is 21.9 Å². The van der Waals surface area contributed by atoms with Crippen molar-refractivity contribution in [1.82, 2.24) is 19.8 Å². The number of carbonyl (C=O) groups is 1. The number of rotatable bonds is 5. The summed E-state index contributed by atoms with van der Waals surface area (Å²) in [4.78, 5) is 25.9. The summed E-state index contributed by atoms with van der Waals surface area (Å²) < 4.78 is 5.73. The Morgan fingerprint density at radius 3 is 2.32 bits per heavy atom. The minimum atomic E-state index is -0.151. The number of thiazole rings is 1. The van der Waals surface area contributed by atoms with E-state index in [-0.39, 0.29) is 11.8 Å². The normalized spacial score (nSPS) is 14.6. The summed E-state index contributed by atoms with van der Waals surface area (Å²) in [7, 11) is 0. The average molecular weight is 431 g/mol. The zero-order valence-corrected chi connectivity index (χ0v) is 17.8. The second-order valence-corrected chi connectivity index (χ2v) is 8.33. The quantitative estimate of drug-likeness (QED) is 0.469. The van der Waals surface area contributed by atoms with Gasteiger partial charge in [0.15, 0.2) is 5.76 Å². The summed E-state index contributed by atoms with van der Waals surface area (Å²) in [5, 5.41) is 3.17. The van der Waals surface area contributed by atoms with Crippen LogP contribution < -0.4 is 0 Å². The van der Waals surface area contributed by atoms with Crippen LogP contribution in [0.4, 0.5) is 0 Å². The van der Waals surface area contributed by atoms with Crippen LogP contribution in [0.25, 0.3) is 21.9 Å². The van der Waals surface area contributed by atoms with Gasteiger partial charge in [-0.05, 0) is 0 Å². The van der Waals surface area contributed by atoms with E-state index >= 15 is 0 Å². The molecule has 2 aromatic heterocycles. The Kier molecular flexibility index (Phi) is 5.60. The molecule has 0 unspecified atom stereocenters. The van der Waals surface area contributed by atoms with Gasteiger partial charge in [0.2, 0.25) is 0 Å². The molecule has 1 amide bonds. The van der Waals surface area contributed by atoms with Crippen molar-refractivity contribution in [1.29, 1.82) is 0 Å². The maximum atomic E-state index is 12.8. The second-order valence-electron chi connectivity index (χ2n) is 7.47. The van der Waals surface area contributed by atoms with Crippen LogP contribution in [0.1, 0.15) is 16.4 Å². The van der Waals surface area contributed by atoms with E-state index < -0.39 is 0 Å². The van der Waals surface area contributed by atoms with Gasteiger partial charge in [-0.25, -0.2) is 9.97 Å². The molecule has 1 fully saturated rings. The van der Waals surface area contributed by atoms with Gasteiger partial charge >= 0.3 is 5.91 Å². The van der Waals surface area contributed by atoms with Gasteiger partial charge in [0.1, 0.15) is 5.01 Å². The monoisotopic (exact) mass is 430 g/mol. The highest BCUT2D eigenvalue weighted by molar-refractivity contribution is 7.13. The molecule has 0 N–H and O–H groups in total. The lowest BCUT2D eigenvalue weighted by atomic mass is 10.2. The van der Waals surface area contributed by atoms with Crippen molar-refractivity contribution < 1.29 is 9.21 Å². The molecule has 0 aliphatic carbocycles. The van der Waals surface area contributed by atoms with Crippen molar-refractivity contribution >= 4 is 17.2 Å². The number of nitrogens with zero attached hydrogens (tertiary/aromatic N) is 4. The first-order valence-electron chi connectivity index (χ1n) is 10.3. The average Bonchev–Trinajstić information content (AvgIpc) is 3.51. The van der Waals surface area contributed by atoms with Crippen LogP contribution in [-0.2, 0) is 6.54 Å². The number of carbonyl (C=O) groups excluding carboxylic acids is 1. The molecular formula is C24H22N4O2S. The third-order valence-electron chi connectivity index (χ3n) is 5.36. The first-order chi connectivity index (χ1) is 15.3. The first-order valence-corrected chi connectivity index (χ1v) is 11.2. The molecular weight excluding hydrogens is 408 g/mol. The van der Waals surface area contributed by atoms with Crippen molar-refractivity contribution in [2.24, 2.45) is 0 Å². The number of aromatic nitrogens is 2. The molecule has 0 radical (unpaired) electrons. The molecule has 1 aliphatic heterocycles. The summed E-state index contributed by atoms with van der Waals surface area (Å²) >= 11 is 1.67. The Labute approximate surface area is 184 Å². The Morgan fingerprint density at radius 2 is 1.61 bits per heavy atom. The molecule has 1 aliphatic rings. The summed E-state index contributed by atoms with van der Waals surface area (Å²) in [6, 6.07) is 19.9. The lowest BCUT2D eigenvalue weighted by Crippen LogP contribution is -2.48. The van der Waals surface area contributed by atoms with E-state index in [2.05, 4.69) is 27.4 Å². The van der Waals surface area contributed by atoms with Crippen LogP contribution >= 0.6 is 11.3 Å². The van der Waals surface area contributed by atoms with Crippen LogP contribution in [-0.4, -0.2) is 51.9 Å². The standard InChI is InChI=1S/C24H22N4O2S/c29-24(22-25-15-21(30-22)18-7-3-1-4-8-18)28-13-11-27(12-14-28)16-20-17-31-23(26-20)19-9-5-2-6-10-19/h1-10,15,17H,11-14,16H2. The fourth-order valence-corrected chi connectivity index (χ4v) is 4.49. The van der Waals surface area contributed by atoms with Crippen molar-refractivity contribution in [2.75, 3.05) is 26.2 Å². The lowest BCUT2D eigenvalue weighted by Gasteiger charge is -2.33. The van der Waals surface area contributed by atoms with E-state index in [1.165, 1.54) is 0 Å².